The Labute approximate surface area is 159 Å². The zero-order chi connectivity index (χ0) is 20.0. The van der Waals surface area contributed by atoms with Crippen molar-refractivity contribution in [3.05, 3.63) is 74.1 Å². The van der Waals surface area contributed by atoms with Crippen molar-refractivity contribution in [2.24, 2.45) is 0 Å². The van der Waals surface area contributed by atoms with Gasteiger partial charge in [-0.1, -0.05) is 12.1 Å². The van der Waals surface area contributed by atoms with Crippen molar-refractivity contribution in [3.8, 4) is 11.8 Å². The van der Waals surface area contributed by atoms with E-state index in [0.29, 0.717) is 35.8 Å². The molecule has 1 N–H and O–H groups in total. The fourth-order valence-electron chi connectivity index (χ4n) is 3.65. The van der Waals surface area contributed by atoms with Gasteiger partial charge in [-0.15, -0.1) is 0 Å². The molecule has 0 saturated heterocycles. The molecule has 1 heterocycles. The number of fused-ring (bicyclic) bond motifs is 4. The lowest BCUT2D eigenvalue weighted by molar-refractivity contribution is 0.0977. The Balaban J connectivity index is 1.98. The number of aromatic hydroxyl groups is 1. The average molecular weight is 373 g/mol. The Kier molecular flexibility index (Phi) is 4.08. The summed E-state index contributed by atoms with van der Waals surface area (Å²) in [7, 11) is 0. The summed E-state index contributed by atoms with van der Waals surface area (Å²) >= 11 is 0. The van der Waals surface area contributed by atoms with Gasteiger partial charge in [0.25, 0.3) is 0 Å². The van der Waals surface area contributed by atoms with Crippen LogP contribution >= 0.6 is 0 Å². The largest absolute Gasteiger partial charge is 0.507 e. The third kappa shape index (κ3) is 2.52. The summed E-state index contributed by atoms with van der Waals surface area (Å²) in [4.78, 5) is 38.4. The van der Waals surface area contributed by atoms with Crippen LogP contribution in [0.3, 0.4) is 0 Å². The first kappa shape index (κ1) is 17.7. The molecular weight excluding hydrogens is 358 g/mol. The SMILES string of the molecule is Cc1cc2c(c3oc(=O)c(CCCC#N)cc13)C(=O)c1c(O)cccc1C2=O. The lowest BCUT2D eigenvalue weighted by Crippen LogP contribution is -2.22. The van der Waals surface area contributed by atoms with E-state index >= 15 is 0 Å². The fraction of sp³-hybridized carbons (Fsp3) is 0.182. The molecule has 28 heavy (non-hydrogen) atoms. The summed E-state index contributed by atoms with van der Waals surface area (Å²) in [5, 5.41) is 19.4. The molecular formula is C22H15NO5. The van der Waals surface area contributed by atoms with E-state index in [1.54, 1.807) is 19.1 Å². The summed E-state index contributed by atoms with van der Waals surface area (Å²) in [5.41, 5.74) is 0.789. The fourth-order valence-corrected chi connectivity index (χ4v) is 3.65. The van der Waals surface area contributed by atoms with Crippen LogP contribution in [0.25, 0.3) is 11.0 Å². The van der Waals surface area contributed by atoms with Crippen molar-refractivity contribution in [1.29, 1.82) is 5.26 Å². The second-order valence-electron chi connectivity index (χ2n) is 6.79. The summed E-state index contributed by atoms with van der Waals surface area (Å²) in [5.74, 6) is -1.23. The summed E-state index contributed by atoms with van der Waals surface area (Å²) in [6.45, 7) is 1.78. The molecule has 1 aromatic heterocycles. The van der Waals surface area contributed by atoms with E-state index < -0.39 is 17.2 Å². The van der Waals surface area contributed by atoms with Crippen LogP contribution in [0, 0.1) is 18.3 Å². The molecule has 0 fully saturated rings. The molecule has 138 valence electrons. The molecule has 0 unspecified atom stereocenters. The number of phenolic OH excluding ortho intramolecular Hbond substituents is 1. The number of ketones is 2. The van der Waals surface area contributed by atoms with Gasteiger partial charge in [-0.3, -0.25) is 9.59 Å². The molecule has 1 aliphatic carbocycles. The van der Waals surface area contributed by atoms with Gasteiger partial charge in [0.2, 0.25) is 5.78 Å². The Hall–Kier alpha value is -3.72. The average Bonchev–Trinajstić information content (AvgIpc) is 2.66. The zero-order valence-electron chi connectivity index (χ0n) is 15.0. The van der Waals surface area contributed by atoms with Gasteiger partial charge in [-0.05, 0) is 43.5 Å². The molecule has 0 saturated carbocycles. The van der Waals surface area contributed by atoms with E-state index in [1.165, 1.54) is 18.2 Å². The lowest BCUT2D eigenvalue weighted by atomic mass is 9.81. The predicted molar refractivity (Wildman–Crippen MR) is 101 cm³/mol. The van der Waals surface area contributed by atoms with Crippen LogP contribution in [-0.4, -0.2) is 16.7 Å². The predicted octanol–water partition coefficient (Wildman–Crippen LogP) is 3.43. The maximum absolute atomic E-state index is 13.1. The molecule has 2 aromatic carbocycles. The van der Waals surface area contributed by atoms with Gasteiger partial charge in [-0.2, -0.15) is 5.26 Å². The Morgan fingerprint density at radius 1 is 1.07 bits per heavy atom. The van der Waals surface area contributed by atoms with Gasteiger partial charge in [0, 0.05) is 28.5 Å². The third-order valence-electron chi connectivity index (χ3n) is 5.02. The summed E-state index contributed by atoms with van der Waals surface area (Å²) in [6, 6.07) is 9.65. The third-order valence-corrected chi connectivity index (χ3v) is 5.02. The van der Waals surface area contributed by atoms with Crippen LogP contribution in [0.1, 0.15) is 55.8 Å². The number of hydrogen-bond acceptors (Lipinski definition) is 6. The van der Waals surface area contributed by atoms with Crippen molar-refractivity contribution in [1.82, 2.24) is 0 Å². The second-order valence-corrected chi connectivity index (χ2v) is 6.79. The standard InChI is InChI=1S/C22H15NO5/c1-11-9-15-18(20(26)17-13(19(15)25)6-4-7-16(17)24)21-14(11)10-12(22(27)28-21)5-2-3-8-23/h4,6-7,9-10,24H,2-3,5H2,1H3. The molecule has 6 nitrogen and oxygen atoms in total. The molecule has 0 radical (unpaired) electrons. The Morgan fingerprint density at radius 3 is 2.61 bits per heavy atom. The molecule has 4 rings (SSSR count). The van der Waals surface area contributed by atoms with Crippen LogP contribution in [0.15, 0.2) is 39.5 Å². The van der Waals surface area contributed by atoms with Crippen molar-refractivity contribution in [2.75, 3.05) is 0 Å². The molecule has 0 amide bonds. The molecule has 3 aromatic rings. The van der Waals surface area contributed by atoms with Gasteiger partial charge < -0.3 is 9.52 Å². The minimum atomic E-state index is -0.596. The van der Waals surface area contributed by atoms with Gasteiger partial charge in [0.15, 0.2) is 11.4 Å². The van der Waals surface area contributed by atoms with Crippen LogP contribution in [-0.2, 0) is 6.42 Å². The smallest absolute Gasteiger partial charge is 0.339 e. The number of hydrogen-bond donors (Lipinski definition) is 1. The highest BCUT2D eigenvalue weighted by atomic mass is 16.4. The minimum absolute atomic E-state index is 0.000254. The number of aryl methyl sites for hydroxylation is 2. The maximum atomic E-state index is 13.1. The number of carbonyl (C=O) groups excluding carboxylic acids is 2. The van der Waals surface area contributed by atoms with Crippen LogP contribution in [0.4, 0.5) is 0 Å². The van der Waals surface area contributed by atoms with Crippen LogP contribution in [0.5, 0.6) is 5.75 Å². The van der Waals surface area contributed by atoms with Crippen molar-refractivity contribution in [3.63, 3.8) is 0 Å². The van der Waals surface area contributed by atoms with E-state index in [2.05, 4.69) is 0 Å². The van der Waals surface area contributed by atoms with Crippen molar-refractivity contribution in [2.45, 2.75) is 26.2 Å². The second kappa shape index (κ2) is 6.46. The summed E-state index contributed by atoms with van der Waals surface area (Å²) < 4.78 is 5.48. The highest BCUT2D eigenvalue weighted by molar-refractivity contribution is 6.32. The zero-order valence-corrected chi connectivity index (χ0v) is 15.0. The van der Waals surface area contributed by atoms with Gasteiger partial charge in [-0.25, -0.2) is 4.79 Å². The van der Waals surface area contributed by atoms with E-state index in [4.69, 9.17) is 9.68 Å². The number of carbonyl (C=O) groups is 2. The summed E-state index contributed by atoms with van der Waals surface area (Å²) in [6.07, 6.45) is 1.23. The van der Waals surface area contributed by atoms with Gasteiger partial charge >= 0.3 is 5.63 Å². The Morgan fingerprint density at radius 2 is 1.86 bits per heavy atom. The molecule has 0 atom stereocenters. The van der Waals surface area contributed by atoms with E-state index in [-0.39, 0.29) is 33.6 Å². The van der Waals surface area contributed by atoms with Crippen molar-refractivity contribution < 1.29 is 19.1 Å². The highest BCUT2D eigenvalue weighted by Gasteiger charge is 2.35. The first-order valence-corrected chi connectivity index (χ1v) is 8.82. The Bertz CT molecular complexity index is 1280. The molecule has 0 aliphatic heterocycles. The van der Waals surface area contributed by atoms with E-state index in [0.717, 1.165) is 0 Å². The lowest BCUT2D eigenvalue weighted by Gasteiger charge is -2.20. The number of rotatable bonds is 3. The van der Waals surface area contributed by atoms with E-state index in [9.17, 15) is 19.5 Å². The number of unbranched alkanes of at least 4 members (excludes halogenated alkanes) is 1. The van der Waals surface area contributed by atoms with Gasteiger partial charge in [0.1, 0.15) is 5.75 Å². The van der Waals surface area contributed by atoms with Gasteiger partial charge in [0.05, 0.1) is 17.2 Å². The van der Waals surface area contributed by atoms with Crippen LogP contribution in [0.2, 0.25) is 0 Å². The molecule has 6 heteroatoms. The highest BCUT2D eigenvalue weighted by Crippen LogP contribution is 2.37. The normalized spacial score (nSPS) is 12.6. The topological polar surface area (TPSA) is 108 Å². The van der Waals surface area contributed by atoms with Crippen molar-refractivity contribution >= 4 is 22.5 Å². The first-order chi connectivity index (χ1) is 13.4. The number of benzene rings is 2. The van der Waals surface area contributed by atoms with E-state index in [1.807, 2.05) is 6.07 Å². The monoisotopic (exact) mass is 373 g/mol. The molecule has 0 bridgehead atoms. The number of nitrogens with zero attached hydrogens (tertiary/aromatic N) is 1. The number of nitriles is 1. The minimum Gasteiger partial charge on any atom is -0.507 e. The molecule has 0 spiro atoms. The maximum Gasteiger partial charge on any atom is 0.339 e. The quantitative estimate of drug-likeness (QED) is 0.435. The first-order valence-electron chi connectivity index (χ1n) is 8.82. The number of phenols is 1. The van der Waals surface area contributed by atoms with Crippen LogP contribution < -0.4 is 5.63 Å². The molecule has 1 aliphatic rings.